The third-order valence-corrected chi connectivity index (χ3v) is 3.91. The van der Waals surface area contributed by atoms with Crippen LogP contribution in [-0.2, 0) is 9.53 Å². The number of esters is 1. The first kappa shape index (κ1) is 18.2. The molecule has 0 fully saturated rings. The van der Waals surface area contributed by atoms with Gasteiger partial charge in [0.2, 0.25) is 6.79 Å². The van der Waals surface area contributed by atoms with Crippen molar-refractivity contribution in [2.24, 2.45) is 0 Å². The maximum atomic E-state index is 11.5. The molecule has 1 aromatic rings. The normalized spacial score (nSPS) is 13.1. The van der Waals surface area contributed by atoms with Gasteiger partial charge >= 0.3 is 5.97 Å². The van der Waals surface area contributed by atoms with Gasteiger partial charge in [0.25, 0.3) is 0 Å². The molecular formula is C20H26O4. The Labute approximate surface area is 144 Å². The van der Waals surface area contributed by atoms with Gasteiger partial charge in [0, 0.05) is 18.1 Å². The molecule has 24 heavy (non-hydrogen) atoms. The highest BCUT2D eigenvalue weighted by Gasteiger charge is 2.21. The van der Waals surface area contributed by atoms with E-state index >= 15 is 0 Å². The molecule has 1 aliphatic rings. The van der Waals surface area contributed by atoms with E-state index in [2.05, 4.69) is 12.7 Å². The molecule has 0 saturated heterocycles. The summed E-state index contributed by atoms with van der Waals surface area (Å²) in [5, 5.41) is 0. The summed E-state index contributed by atoms with van der Waals surface area (Å²) in [6.07, 6.45) is 7.48. The van der Waals surface area contributed by atoms with Crippen LogP contribution in [0, 0.1) is 0 Å². The van der Waals surface area contributed by atoms with Gasteiger partial charge in [-0.3, -0.25) is 4.79 Å². The highest BCUT2D eigenvalue weighted by Crippen LogP contribution is 2.36. The number of rotatable bonds is 8. The van der Waals surface area contributed by atoms with Gasteiger partial charge in [-0.15, -0.1) is 5.73 Å². The van der Waals surface area contributed by atoms with E-state index in [0.29, 0.717) is 11.5 Å². The molecule has 0 spiro atoms. The van der Waals surface area contributed by atoms with Crippen LogP contribution in [0.25, 0.3) is 0 Å². The lowest BCUT2D eigenvalue weighted by atomic mass is 10.0. The highest BCUT2D eigenvalue weighted by molar-refractivity contribution is 5.67. The number of benzene rings is 1. The lowest BCUT2D eigenvalue weighted by Gasteiger charge is -2.17. The summed E-state index contributed by atoms with van der Waals surface area (Å²) in [5.74, 6) is 1.08. The van der Waals surface area contributed by atoms with Crippen molar-refractivity contribution >= 4 is 5.97 Å². The van der Waals surface area contributed by atoms with Crippen molar-refractivity contribution in [3.8, 4) is 11.5 Å². The topological polar surface area (TPSA) is 44.8 Å². The van der Waals surface area contributed by atoms with E-state index in [0.717, 1.165) is 24.0 Å². The average Bonchev–Trinajstić information content (AvgIpc) is 3.03. The van der Waals surface area contributed by atoms with Crippen molar-refractivity contribution in [1.29, 1.82) is 0 Å². The molecule has 4 heteroatoms. The van der Waals surface area contributed by atoms with E-state index in [-0.39, 0.29) is 12.8 Å². The third kappa shape index (κ3) is 5.17. The Bertz CT molecular complexity index is 627. The Morgan fingerprint density at radius 2 is 2.04 bits per heavy atom. The number of carbonyl (C=O) groups excluding carboxylic acids is 1. The summed E-state index contributed by atoms with van der Waals surface area (Å²) >= 11 is 0. The van der Waals surface area contributed by atoms with Crippen molar-refractivity contribution in [2.45, 2.75) is 59.0 Å². The summed E-state index contributed by atoms with van der Waals surface area (Å²) in [4.78, 5) is 11.5. The van der Waals surface area contributed by atoms with Gasteiger partial charge in [0.05, 0.1) is 0 Å². The number of hydrogen-bond donors (Lipinski definition) is 0. The minimum atomic E-state index is -0.455. The lowest BCUT2D eigenvalue weighted by molar-refractivity contribution is -0.144. The SMILES string of the molecule is CCCCCCC=C=C(C)C(OC(C)=O)c1ccc2c(c1)OCO2. The Kier molecular flexibility index (Phi) is 6.95. The van der Waals surface area contributed by atoms with Crippen LogP contribution in [0.4, 0.5) is 0 Å². The zero-order chi connectivity index (χ0) is 17.4. The molecule has 0 N–H and O–H groups in total. The van der Waals surface area contributed by atoms with Gasteiger partial charge in [0.15, 0.2) is 17.6 Å². The lowest BCUT2D eigenvalue weighted by Crippen LogP contribution is -2.09. The van der Waals surface area contributed by atoms with Crippen molar-refractivity contribution in [1.82, 2.24) is 0 Å². The predicted molar refractivity (Wildman–Crippen MR) is 93.1 cm³/mol. The second-order valence-electron chi connectivity index (χ2n) is 5.98. The third-order valence-electron chi connectivity index (χ3n) is 3.91. The first-order chi connectivity index (χ1) is 11.6. The van der Waals surface area contributed by atoms with Crippen LogP contribution in [0.15, 0.2) is 35.6 Å². The van der Waals surface area contributed by atoms with Gasteiger partial charge < -0.3 is 14.2 Å². The molecular weight excluding hydrogens is 304 g/mol. The zero-order valence-corrected chi connectivity index (χ0v) is 14.8. The Balaban J connectivity index is 2.12. The van der Waals surface area contributed by atoms with Gasteiger partial charge in [-0.05, 0) is 38.0 Å². The summed E-state index contributed by atoms with van der Waals surface area (Å²) in [5.41, 5.74) is 5.01. The van der Waals surface area contributed by atoms with Crippen molar-refractivity contribution in [3.63, 3.8) is 0 Å². The molecule has 1 atom stereocenters. The number of carbonyl (C=O) groups is 1. The molecule has 1 aliphatic heterocycles. The molecule has 4 nitrogen and oxygen atoms in total. The van der Waals surface area contributed by atoms with Crippen LogP contribution in [-0.4, -0.2) is 12.8 Å². The van der Waals surface area contributed by atoms with Gasteiger partial charge in [-0.25, -0.2) is 0 Å². The van der Waals surface area contributed by atoms with Gasteiger partial charge in [0.1, 0.15) is 0 Å². The van der Waals surface area contributed by atoms with Crippen LogP contribution in [0.2, 0.25) is 0 Å². The minimum absolute atomic E-state index is 0.226. The van der Waals surface area contributed by atoms with Crippen molar-refractivity contribution < 1.29 is 19.0 Å². The second-order valence-corrected chi connectivity index (χ2v) is 5.98. The van der Waals surface area contributed by atoms with Crippen LogP contribution in [0.3, 0.4) is 0 Å². The van der Waals surface area contributed by atoms with Crippen LogP contribution < -0.4 is 9.47 Å². The quantitative estimate of drug-likeness (QED) is 0.378. The predicted octanol–water partition coefficient (Wildman–Crippen LogP) is 5.09. The smallest absolute Gasteiger partial charge is 0.303 e. The van der Waals surface area contributed by atoms with E-state index in [4.69, 9.17) is 14.2 Å². The van der Waals surface area contributed by atoms with E-state index in [1.807, 2.05) is 31.2 Å². The Hall–Kier alpha value is -2.19. The molecule has 1 aromatic carbocycles. The molecule has 2 rings (SSSR count). The largest absolute Gasteiger partial charge is 0.454 e. The summed E-state index contributed by atoms with van der Waals surface area (Å²) in [6.45, 7) is 5.78. The van der Waals surface area contributed by atoms with E-state index < -0.39 is 6.10 Å². The fourth-order valence-corrected chi connectivity index (χ4v) is 2.63. The van der Waals surface area contributed by atoms with E-state index in [1.165, 1.54) is 26.2 Å². The zero-order valence-electron chi connectivity index (χ0n) is 14.8. The molecule has 0 saturated carbocycles. The first-order valence-electron chi connectivity index (χ1n) is 8.60. The number of hydrogen-bond acceptors (Lipinski definition) is 4. The van der Waals surface area contributed by atoms with E-state index in [1.54, 1.807) is 0 Å². The molecule has 0 bridgehead atoms. The van der Waals surface area contributed by atoms with E-state index in [9.17, 15) is 4.79 Å². The fraction of sp³-hybridized carbons (Fsp3) is 0.500. The average molecular weight is 330 g/mol. The molecule has 0 radical (unpaired) electrons. The van der Waals surface area contributed by atoms with Crippen LogP contribution in [0.1, 0.15) is 64.5 Å². The van der Waals surface area contributed by atoms with Crippen molar-refractivity contribution in [3.05, 3.63) is 41.1 Å². The number of unbranched alkanes of at least 4 members (excludes halogenated alkanes) is 4. The monoisotopic (exact) mass is 330 g/mol. The molecule has 0 aromatic heterocycles. The molecule has 1 heterocycles. The summed E-state index contributed by atoms with van der Waals surface area (Å²) in [7, 11) is 0. The standard InChI is InChI=1S/C20H26O4/c1-4-5-6-7-8-9-10-15(2)20(24-16(3)21)17-11-12-18-19(13-17)23-14-22-18/h9,11-13,20H,4-8,14H2,1-3H3. The first-order valence-corrected chi connectivity index (χ1v) is 8.60. The Morgan fingerprint density at radius 3 is 2.79 bits per heavy atom. The fourth-order valence-electron chi connectivity index (χ4n) is 2.63. The molecule has 1 unspecified atom stereocenters. The van der Waals surface area contributed by atoms with Crippen LogP contribution in [0.5, 0.6) is 11.5 Å². The second kappa shape index (κ2) is 9.19. The number of fused-ring (bicyclic) bond motifs is 1. The van der Waals surface area contributed by atoms with Gasteiger partial charge in [-0.1, -0.05) is 32.3 Å². The molecule has 130 valence electrons. The van der Waals surface area contributed by atoms with Gasteiger partial charge in [-0.2, -0.15) is 0 Å². The molecule has 0 amide bonds. The maximum absolute atomic E-state index is 11.5. The van der Waals surface area contributed by atoms with Crippen LogP contribution >= 0.6 is 0 Å². The Morgan fingerprint density at radius 1 is 1.25 bits per heavy atom. The summed E-state index contributed by atoms with van der Waals surface area (Å²) < 4.78 is 16.2. The highest BCUT2D eigenvalue weighted by atomic mass is 16.7. The minimum Gasteiger partial charge on any atom is -0.454 e. The maximum Gasteiger partial charge on any atom is 0.303 e. The molecule has 0 aliphatic carbocycles. The number of ether oxygens (including phenoxy) is 3. The van der Waals surface area contributed by atoms with Crippen molar-refractivity contribution in [2.75, 3.05) is 6.79 Å². The summed E-state index contributed by atoms with van der Waals surface area (Å²) in [6, 6.07) is 5.60.